The predicted octanol–water partition coefficient (Wildman–Crippen LogP) is 1.24. The van der Waals surface area contributed by atoms with Gasteiger partial charge in [0, 0.05) is 5.92 Å². The van der Waals surface area contributed by atoms with E-state index < -0.39 is 5.97 Å². The molecule has 0 bridgehead atoms. The summed E-state index contributed by atoms with van der Waals surface area (Å²) in [6.07, 6.45) is 0.774. The number of hydrogen-bond donors (Lipinski definition) is 2. The van der Waals surface area contributed by atoms with Crippen LogP contribution in [0.4, 0.5) is 0 Å². The molecule has 1 aromatic rings. The van der Waals surface area contributed by atoms with Crippen LogP contribution in [0.25, 0.3) is 0 Å². The van der Waals surface area contributed by atoms with Crippen LogP contribution >= 0.6 is 0 Å². The lowest BCUT2D eigenvalue weighted by Gasteiger charge is -2.24. The van der Waals surface area contributed by atoms with Gasteiger partial charge in [-0.2, -0.15) is 0 Å². The van der Waals surface area contributed by atoms with Gasteiger partial charge < -0.3 is 14.9 Å². The molecular formula is C11H12O4. The number of ether oxygens (including phenoxy) is 1. The molecule has 0 saturated carbocycles. The van der Waals surface area contributed by atoms with E-state index in [1.165, 1.54) is 6.07 Å². The van der Waals surface area contributed by atoms with Crippen molar-refractivity contribution < 1.29 is 19.7 Å². The Bertz CT molecular complexity index is 386. The predicted molar refractivity (Wildman–Crippen MR) is 53.3 cm³/mol. The Balaban J connectivity index is 2.40. The number of rotatable bonds is 2. The summed E-state index contributed by atoms with van der Waals surface area (Å²) in [4.78, 5) is 10.7. The third kappa shape index (κ3) is 1.80. The van der Waals surface area contributed by atoms with Crippen LogP contribution in [0.3, 0.4) is 0 Å². The molecule has 0 saturated heterocycles. The molecular weight excluding hydrogens is 196 g/mol. The highest BCUT2D eigenvalue weighted by Gasteiger charge is 2.21. The fourth-order valence-corrected chi connectivity index (χ4v) is 1.79. The van der Waals surface area contributed by atoms with Gasteiger partial charge in [-0.05, 0) is 24.1 Å². The van der Waals surface area contributed by atoms with Gasteiger partial charge in [0.1, 0.15) is 5.75 Å². The van der Waals surface area contributed by atoms with Crippen LogP contribution in [-0.2, 0) is 0 Å². The standard InChI is InChI=1S/C11H12O4/c12-6-8-3-4-15-10-5-7(11(13)14)1-2-9(8)10/h1-2,5,8,12H,3-4,6H2,(H,13,14). The van der Waals surface area contributed by atoms with Crippen molar-refractivity contribution in [3.8, 4) is 5.75 Å². The highest BCUT2D eigenvalue weighted by atomic mass is 16.5. The van der Waals surface area contributed by atoms with Crippen molar-refractivity contribution in [2.75, 3.05) is 13.2 Å². The summed E-state index contributed by atoms with van der Waals surface area (Å²) in [5.74, 6) is -0.315. The lowest BCUT2D eigenvalue weighted by atomic mass is 9.93. The minimum atomic E-state index is -0.965. The number of hydrogen-bond acceptors (Lipinski definition) is 3. The Labute approximate surface area is 87.1 Å². The van der Waals surface area contributed by atoms with Crippen molar-refractivity contribution in [3.05, 3.63) is 29.3 Å². The number of aromatic carboxylic acids is 1. The van der Waals surface area contributed by atoms with Gasteiger partial charge >= 0.3 is 5.97 Å². The molecule has 4 nitrogen and oxygen atoms in total. The minimum Gasteiger partial charge on any atom is -0.493 e. The normalized spacial score (nSPS) is 19.1. The van der Waals surface area contributed by atoms with Crippen LogP contribution in [0, 0.1) is 0 Å². The maximum Gasteiger partial charge on any atom is 0.335 e. The van der Waals surface area contributed by atoms with E-state index in [-0.39, 0.29) is 18.1 Å². The molecule has 1 aliphatic rings. The first kappa shape index (κ1) is 9.98. The van der Waals surface area contributed by atoms with E-state index in [9.17, 15) is 4.79 Å². The van der Waals surface area contributed by atoms with Gasteiger partial charge in [-0.1, -0.05) is 6.07 Å². The SMILES string of the molecule is O=C(O)c1ccc2c(c1)OCCC2CO. The van der Waals surface area contributed by atoms with Crippen LogP contribution in [0.2, 0.25) is 0 Å². The number of aliphatic hydroxyl groups excluding tert-OH is 1. The van der Waals surface area contributed by atoms with Gasteiger partial charge in [-0.3, -0.25) is 0 Å². The molecule has 0 radical (unpaired) electrons. The monoisotopic (exact) mass is 208 g/mol. The Morgan fingerprint density at radius 2 is 2.33 bits per heavy atom. The first-order valence-corrected chi connectivity index (χ1v) is 4.83. The molecule has 1 heterocycles. The van der Waals surface area contributed by atoms with E-state index in [0.717, 1.165) is 12.0 Å². The van der Waals surface area contributed by atoms with E-state index in [1.54, 1.807) is 12.1 Å². The summed E-state index contributed by atoms with van der Waals surface area (Å²) in [6.45, 7) is 0.601. The van der Waals surface area contributed by atoms with Crippen LogP contribution in [0.15, 0.2) is 18.2 Å². The maximum absolute atomic E-state index is 10.7. The molecule has 1 aliphatic heterocycles. The Kier molecular flexibility index (Phi) is 2.60. The second-order valence-corrected chi connectivity index (χ2v) is 3.57. The first-order chi connectivity index (χ1) is 7.22. The van der Waals surface area contributed by atoms with Gasteiger partial charge in [-0.25, -0.2) is 4.79 Å². The third-order valence-corrected chi connectivity index (χ3v) is 2.64. The maximum atomic E-state index is 10.7. The lowest BCUT2D eigenvalue weighted by Crippen LogP contribution is -2.17. The van der Waals surface area contributed by atoms with Crippen LogP contribution in [-0.4, -0.2) is 29.4 Å². The van der Waals surface area contributed by atoms with Crippen molar-refractivity contribution in [2.24, 2.45) is 0 Å². The molecule has 0 spiro atoms. The number of aliphatic hydroxyl groups is 1. The van der Waals surface area contributed by atoms with Crippen molar-refractivity contribution >= 4 is 5.97 Å². The van der Waals surface area contributed by atoms with E-state index in [2.05, 4.69) is 0 Å². The van der Waals surface area contributed by atoms with Crippen molar-refractivity contribution in [3.63, 3.8) is 0 Å². The average Bonchev–Trinajstić information content (AvgIpc) is 2.27. The van der Waals surface area contributed by atoms with Gasteiger partial charge in [0.05, 0.1) is 18.8 Å². The Hall–Kier alpha value is -1.55. The van der Waals surface area contributed by atoms with E-state index in [0.29, 0.717) is 12.4 Å². The quantitative estimate of drug-likeness (QED) is 0.767. The van der Waals surface area contributed by atoms with E-state index in [4.69, 9.17) is 14.9 Å². The Morgan fingerprint density at radius 1 is 1.53 bits per heavy atom. The zero-order valence-corrected chi connectivity index (χ0v) is 8.14. The van der Waals surface area contributed by atoms with Crippen molar-refractivity contribution in [2.45, 2.75) is 12.3 Å². The van der Waals surface area contributed by atoms with Crippen LogP contribution < -0.4 is 4.74 Å². The molecule has 2 rings (SSSR count). The van der Waals surface area contributed by atoms with Gasteiger partial charge in [0.2, 0.25) is 0 Å². The first-order valence-electron chi connectivity index (χ1n) is 4.83. The molecule has 0 aromatic heterocycles. The average molecular weight is 208 g/mol. The second kappa shape index (κ2) is 3.90. The summed E-state index contributed by atoms with van der Waals surface area (Å²) in [7, 11) is 0. The number of fused-ring (bicyclic) bond motifs is 1. The molecule has 0 fully saturated rings. The molecule has 0 aliphatic carbocycles. The fraction of sp³-hybridized carbons (Fsp3) is 0.364. The molecule has 2 N–H and O–H groups in total. The van der Waals surface area contributed by atoms with E-state index in [1.807, 2.05) is 0 Å². The third-order valence-electron chi connectivity index (χ3n) is 2.64. The molecule has 1 atom stereocenters. The smallest absolute Gasteiger partial charge is 0.335 e. The van der Waals surface area contributed by atoms with Gasteiger partial charge in [0.25, 0.3) is 0 Å². The molecule has 80 valence electrons. The fourth-order valence-electron chi connectivity index (χ4n) is 1.79. The zero-order valence-electron chi connectivity index (χ0n) is 8.14. The summed E-state index contributed by atoms with van der Waals surface area (Å²) in [5.41, 5.74) is 1.11. The van der Waals surface area contributed by atoms with Gasteiger partial charge in [0.15, 0.2) is 0 Å². The molecule has 1 aromatic carbocycles. The highest BCUT2D eigenvalue weighted by Crippen LogP contribution is 2.33. The number of carboxylic acid groups (broad SMARTS) is 1. The molecule has 0 amide bonds. The van der Waals surface area contributed by atoms with E-state index >= 15 is 0 Å². The largest absolute Gasteiger partial charge is 0.493 e. The zero-order chi connectivity index (χ0) is 10.8. The highest BCUT2D eigenvalue weighted by molar-refractivity contribution is 5.88. The molecule has 4 heteroatoms. The summed E-state index contributed by atoms with van der Waals surface area (Å²) >= 11 is 0. The lowest BCUT2D eigenvalue weighted by molar-refractivity contribution is 0.0696. The summed E-state index contributed by atoms with van der Waals surface area (Å²) < 4.78 is 5.37. The number of benzene rings is 1. The summed E-state index contributed by atoms with van der Waals surface area (Å²) in [6, 6.07) is 4.77. The minimum absolute atomic E-state index is 0.0663. The van der Waals surface area contributed by atoms with Crippen molar-refractivity contribution in [1.82, 2.24) is 0 Å². The second-order valence-electron chi connectivity index (χ2n) is 3.57. The van der Waals surface area contributed by atoms with Crippen LogP contribution in [0.5, 0.6) is 5.75 Å². The topological polar surface area (TPSA) is 66.8 Å². The molecule has 1 unspecified atom stereocenters. The Morgan fingerprint density at radius 3 is 3.00 bits per heavy atom. The van der Waals surface area contributed by atoms with Crippen LogP contribution in [0.1, 0.15) is 28.3 Å². The number of carbonyl (C=O) groups is 1. The number of carboxylic acids is 1. The summed E-state index contributed by atoms with van der Waals surface area (Å²) in [5, 5.41) is 17.9. The molecule has 15 heavy (non-hydrogen) atoms. The van der Waals surface area contributed by atoms with Crippen molar-refractivity contribution in [1.29, 1.82) is 0 Å². The van der Waals surface area contributed by atoms with Gasteiger partial charge in [-0.15, -0.1) is 0 Å².